The average molecular weight is 486 g/mol. The summed E-state index contributed by atoms with van der Waals surface area (Å²) in [6, 6.07) is 3.09. The second-order valence-electron chi connectivity index (χ2n) is 12.2. The van der Waals surface area contributed by atoms with E-state index in [0.717, 1.165) is 54.7 Å². The molecule has 3 fully saturated rings. The van der Waals surface area contributed by atoms with Crippen LogP contribution in [0.3, 0.4) is 0 Å². The van der Waals surface area contributed by atoms with Crippen LogP contribution in [0.25, 0.3) is 0 Å². The summed E-state index contributed by atoms with van der Waals surface area (Å²) in [7, 11) is 2.35. The van der Waals surface area contributed by atoms with Crippen molar-refractivity contribution in [2.75, 3.05) is 25.5 Å². The van der Waals surface area contributed by atoms with Crippen molar-refractivity contribution in [1.82, 2.24) is 0 Å². The first-order valence-electron chi connectivity index (χ1n) is 13.2. The van der Waals surface area contributed by atoms with E-state index in [0.29, 0.717) is 11.4 Å². The number of ether oxygens (including phenoxy) is 1. The Morgan fingerprint density at radius 1 is 1.23 bits per heavy atom. The second-order valence-corrected chi connectivity index (χ2v) is 12.2. The number of piperidine rings is 1. The third-order valence-corrected chi connectivity index (χ3v) is 10.1. The Kier molecular flexibility index (Phi) is 5.01. The van der Waals surface area contributed by atoms with Gasteiger partial charge in [-0.1, -0.05) is 13.0 Å². The molecule has 8 nitrogen and oxygen atoms in total. The Balaban J connectivity index is 1.44. The van der Waals surface area contributed by atoms with E-state index in [1.807, 2.05) is 6.07 Å². The zero-order valence-corrected chi connectivity index (χ0v) is 20.6. The van der Waals surface area contributed by atoms with Crippen molar-refractivity contribution < 1.29 is 34.1 Å². The van der Waals surface area contributed by atoms with Gasteiger partial charge in [-0.3, -0.25) is 4.79 Å². The number of hydrogen-bond acceptors (Lipinski definition) is 5. The number of rotatable bonds is 8. The zero-order chi connectivity index (χ0) is 24.8. The molecule has 2 aliphatic heterocycles. The van der Waals surface area contributed by atoms with Gasteiger partial charge in [-0.05, 0) is 49.7 Å². The number of hydrogen-bond donors (Lipinski definition) is 4. The number of quaternary nitrogens is 1. The van der Waals surface area contributed by atoms with E-state index in [4.69, 9.17) is 9.84 Å². The number of nitrogens with zero attached hydrogens (tertiary/aromatic N) is 1. The van der Waals surface area contributed by atoms with Crippen LogP contribution in [0.1, 0.15) is 63.0 Å². The first-order chi connectivity index (χ1) is 16.6. The number of nitrogens with one attached hydrogen (secondary N) is 1. The van der Waals surface area contributed by atoms with Crippen molar-refractivity contribution in [3.8, 4) is 5.75 Å². The monoisotopic (exact) mass is 485 g/mol. The number of benzene rings is 1. The molecule has 1 aromatic carbocycles. The highest BCUT2D eigenvalue weighted by atomic mass is 16.5. The normalized spacial score (nSPS) is 39.3. The van der Waals surface area contributed by atoms with E-state index in [-0.39, 0.29) is 30.9 Å². The summed E-state index contributed by atoms with van der Waals surface area (Å²) in [4.78, 5) is 23.0. The molecule has 190 valence electrons. The van der Waals surface area contributed by atoms with Crippen LogP contribution in [0.4, 0.5) is 5.69 Å². The van der Waals surface area contributed by atoms with E-state index in [9.17, 15) is 19.8 Å². The molecule has 5 aliphatic rings. The molecule has 0 radical (unpaired) electrons. The highest BCUT2D eigenvalue weighted by Crippen LogP contribution is 2.67. The molecule has 2 saturated carbocycles. The van der Waals surface area contributed by atoms with Crippen LogP contribution in [0.5, 0.6) is 5.75 Å². The number of likely N-dealkylation sites (N-methyl/N-ethyl adjacent to an activating group) is 1. The first-order valence-corrected chi connectivity index (χ1v) is 13.2. The fourth-order valence-corrected chi connectivity index (χ4v) is 8.25. The minimum Gasteiger partial charge on any atom is -0.487 e. The van der Waals surface area contributed by atoms with Gasteiger partial charge >= 0.3 is 11.9 Å². The smallest absolute Gasteiger partial charge is 0.326 e. The topological polar surface area (TPSA) is 116 Å². The third-order valence-electron chi connectivity index (χ3n) is 10.1. The molecule has 0 amide bonds. The van der Waals surface area contributed by atoms with Gasteiger partial charge in [0, 0.05) is 30.7 Å². The number of likely N-dealkylation sites (tertiary alicyclic amines) is 1. The molecule has 1 saturated heterocycles. The maximum Gasteiger partial charge on any atom is 0.326 e. The van der Waals surface area contributed by atoms with E-state index in [1.54, 1.807) is 0 Å². The molecule has 2 heterocycles. The van der Waals surface area contributed by atoms with Crippen molar-refractivity contribution in [2.45, 2.75) is 87.5 Å². The summed E-state index contributed by atoms with van der Waals surface area (Å²) < 4.78 is 7.64. The van der Waals surface area contributed by atoms with Gasteiger partial charge in [0.25, 0.3) is 0 Å². The Hall–Kier alpha value is -2.32. The Bertz CT molecular complexity index is 1090. The van der Waals surface area contributed by atoms with Crippen molar-refractivity contribution in [3.63, 3.8) is 0 Å². The molecule has 1 aromatic rings. The zero-order valence-electron chi connectivity index (χ0n) is 20.6. The number of carbonyl (C=O) groups is 2. The number of carboxylic acids is 2. The maximum atomic E-state index is 12.6. The Labute approximate surface area is 205 Å². The molecule has 0 aromatic heterocycles. The molecule has 1 spiro atoms. The van der Waals surface area contributed by atoms with Gasteiger partial charge in [-0.15, -0.1) is 0 Å². The number of anilines is 1. The van der Waals surface area contributed by atoms with Crippen molar-refractivity contribution in [1.29, 1.82) is 0 Å². The van der Waals surface area contributed by atoms with Gasteiger partial charge in [0.05, 0.1) is 31.2 Å². The lowest BCUT2D eigenvalue weighted by Crippen LogP contribution is -2.80. The van der Waals surface area contributed by atoms with Crippen molar-refractivity contribution >= 4 is 17.6 Å². The summed E-state index contributed by atoms with van der Waals surface area (Å²) in [5, 5.41) is 34.5. The lowest BCUT2D eigenvalue weighted by Gasteiger charge is -2.65. The molecule has 6 rings (SSSR count). The molecular formula is C27H37N2O6+. The van der Waals surface area contributed by atoms with Gasteiger partial charge < -0.3 is 29.9 Å². The van der Waals surface area contributed by atoms with Gasteiger partial charge in [0.2, 0.25) is 0 Å². The maximum absolute atomic E-state index is 12.6. The quantitative estimate of drug-likeness (QED) is 0.419. The lowest BCUT2D eigenvalue weighted by atomic mass is 9.47. The van der Waals surface area contributed by atoms with Crippen LogP contribution in [-0.4, -0.2) is 75.7 Å². The molecule has 1 unspecified atom stereocenters. The summed E-state index contributed by atoms with van der Waals surface area (Å²) in [6.07, 6.45) is 5.56. The highest BCUT2D eigenvalue weighted by Gasteiger charge is 2.75. The van der Waals surface area contributed by atoms with Crippen LogP contribution in [0, 0.1) is 11.8 Å². The minimum absolute atomic E-state index is 0.0187. The third kappa shape index (κ3) is 3.18. The molecule has 2 bridgehead atoms. The largest absolute Gasteiger partial charge is 0.487 e. The predicted octanol–water partition coefficient (Wildman–Crippen LogP) is 2.76. The summed E-state index contributed by atoms with van der Waals surface area (Å²) in [6.45, 7) is 4.36. The molecule has 8 heteroatoms. The van der Waals surface area contributed by atoms with Gasteiger partial charge in [0.1, 0.15) is 29.5 Å². The Morgan fingerprint density at radius 3 is 2.69 bits per heavy atom. The van der Waals surface area contributed by atoms with Crippen LogP contribution < -0.4 is 10.1 Å². The second kappa shape index (κ2) is 7.59. The average Bonchev–Trinajstić information content (AvgIpc) is 3.52. The molecule has 7 atom stereocenters. The van der Waals surface area contributed by atoms with Crippen LogP contribution >= 0.6 is 0 Å². The SMILES string of the molecule is C[C@H]1CC[C@@]2(O)[C@H]3Cc4ccc(N[C@@H](CCC(=O)O)C(=O)O)c5c4[C@@]2(CC[N+]3(C)CC2CC2)[C@H]1O5. The highest BCUT2D eigenvalue weighted by molar-refractivity contribution is 5.80. The fourth-order valence-electron chi connectivity index (χ4n) is 8.25. The molecular weight excluding hydrogens is 448 g/mol. The standard InChI is InChI=1S/C27H36N2O6/c1-15-9-10-27(34)20-13-17-5-6-18(28-19(25(32)33)7-8-21(30)31)23-22(17)26(27,24(15)35-23)11-12-29(20,2)14-16-3-4-16/h5-6,15-16,19-20,24,28,34H,3-4,7-14H2,1-2H3,(H-,30,31,32,33)/p+1/t15-,19-,20+,24-,26-,27+,29?/m0/s1. The molecule has 4 N–H and O–H groups in total. The first kappa shape index (κ1) is 23.1. The number of carboxylic acid groups (broad SMARTS) is 2. The summed E-state index contributed by atoms with van der Waals surface area (Å²) in [5.74, 6) is -0.366. The number of aliphatic carboxylic acids is 2. The summed E-state index contributed by atoms with van der Waals surface area (Å²) in [5.41, 5.74) is 1.57. The number of aliphatic hydroxyl groups is 1. The molecule has 35 heavy (non-hydrogen) atoms. The summed E-state index contributed by atoms with van der Waals surface area (Å²) >= 11 is 0. The molecule has 3 aliphatic carbocycles. The minimum atomic E-state index is -1.08. The van der Waals surface area contributed by atoms with Gasteiger partial charge in [-0.25, -0.2) is 4.79 Å². The van der Waals surface area contributed by atoms with Crippen LogP contribution in [0.15, 0.2) is 12.1 Å². The predicted molar refractivity (Wildman–Crippen MR) is 129 cm³/mol. The van der Waals surface area contributed by atoms with Crippen LogP contribution in [-0.2, 0) is 21.4 Å². The van der Waals surface area contributed by atoms with Gasteiger partial charge in [-0.2, -0.15) is 0 Å². The van der Waals surface area contributed by atoms with E-state index < -0.39 is 29.0 Å². The van der Waals surface area contributed by atoms with E-state index >= 15 is 0 Å². The van der Waals surface area contributed by atoms with Crippen molar-refractivity contribution in [3.05, 3.63) is 23.3 Å². The van der Waals surface area contributed by atoms with Gasteiger partial charge in [0.15, 0.2) is 0 Å². The Morgan fingerprint density at radius 2 is 2.00 bits per heavy atom. The van der Waals surface area contributed by atoms with Crippen molar-refractivity contribution in [2.24, 2.45) is 11.8 Å². The lowest BCUT2D eigenvalue weighted by molar-refractivity contribution is -0.950. The fraction of sp³-hybridized carbons (Fsp3) is 0.704. The van der Waals surface area contributed by atoms with E-state index in [2.05, 4.69) is 25.4 Å². The van der Waals surface area contributed by atoms with E-state index in [1.165, 1.54) is 18.4 Å². The van der Waals surface area contributed by atoms with Crippen LogP contribution in [0.2, 0.25) is 0 Å².